The van der Waals surface area contributed by atoms with E-state index in [0.29, 0.717) is 38.6 Å². The molecule has 2 N–H and O–H groups in total. The van der Waals surface area contributed by atoms with Gasteiger partial charge in [-0.25, -0.2) is 0 Å². The van der Waals surface area contributed by atoms with Crippen LogP contribution >= 0.6 is 0 Å². The van der Waals surface area contributed by atoms with Crippen molar-refractivity contribution < 1.29 is 29.3 Å². The van der Waals surface area contributed by atoms with E-state index in [4.69, 9.17) is 9.47 Å². The first kappa shape index (κ1) is 27.1. The standard InChI is InChI=1S/C27H40O6/c1-20(2)33-27(31)13-9-4-3-8-12-23-24(26(30)18-25(23)29)17-16-22(32-19-28)15-14-21-10-6-5-7-11-21/h3,5-8,10-11,19-20,22-26,29-30H,4,9,12-18H2,1-2H3/b8-3-/t22-,23+,24+,25-,26+/m0/s1. The molecule has 1 aromatic carbocycles. The fourth-order valence-electron chi connectivity index (χ4n) is 4.67. The van der Waals surface area contributed by atoms with Crippen LogP contribution in [-0.2, 0) is 25.5 Å². The molecule has 1 saturated carbocycles. The van der Waals surface area contributed by atoms with Gasteiger partial charge in [-0.2, -0.15) is 0 Å². The molecule has 33 heavy (non-hydrogen) atoms. The van der Waals surface area contributed by atoms with Gasteiger partial charge in [-0.15, -0.1) is 0 Å². The molecular formula is C27H40O6. The third-order valence-corrected chi connectivity index (χ3v) is 6.38. The second-order valence-corrected chi connectivity index (χ2v) is 9.29. The second kappa shape index (κ2) is 14.9. The number of hydrogen-bond acceptors (Lipinski definition) is 6. The predicted molar refractivity (Wildman–Crippen MR) is 127 cm³/mol. The highest BCUT2D eigenvalue weighted by molar-refractivity contribution is 5.69. The summed E-state index contributed by atoms with van der Waals surface area (Å²) in [7, 11) is 0. The molecule has 6 heteroatoms. The summed E-state index contributed by atoms with van der Waals surface area (Å²) in [6.07, 6.45) is 8.60. The van der Waals surface area contributed by atoms with Crippen molar-refractivity contribution in [2.45, 2.75) is 96.1 Å². The number of unbranched alkanes of at least 4 members (excludes halogenated alkanes) is 1. The molecule has 1 aliphatic carbocycles. The molecule has 1 aromatic rings. The Morgan fingerprint density at radius 3 is 2.52 bits per heavy atom. The molecule has 6 nitrogen and oxygen atoms in total. The molecule has 0 amide bonds. The van der Waals surface area contributed by atoms with Crippen LogP contribution in [-0.4, -0.2) is 47.1 Å². The van der Waals surface area contributed by atoms with Gasteiger partial charge in [0.2, 0.25) is 0 Å². The number of aryl methyl sites for hydroxylation is 1. The Bertz CT molecular complexity index is 717. The fraction of sp³-hybridized carbons (Fsp3) is 0.630. The van der Waals surface area contributed by atoms with Crippen LogP contribution in [0.25, 0.3) is 0 Å². The van der Waals surface area contributed by atoms with Gasteiger partial charge in [0.1, 0.15) is 6.10 Å². The monoisotopic (exact) mass is 460 g/mol. The Hall–Kier alpha value is -2.18. The molecule has 1 aliphatic rings. The molecule has 184 valence electrons. The van der Waals surface area contributed by atoms with Gasteiger partial charge in [0.25, 0.3) is 6.47 Å². The van der Waals surface area contributed by atoms with Gasteiger partial charge >= 0.3 is 5.97 Å². The van der Waals surface area contributed by atoms with E-state index in [9.17, 15) is 19.8 Å². The number of benzene rings is 1. The SMILES string of the molecule is CC(C)OC(=O)CCC/C=C\C[C@@H]1[C@@H](CC[C@H](CCc2ccccc2)OC=O)[C@H](O)C[C@@H]1O. The van der Waals surface area contributed by atoms with Crippen molar-refractivity contribution in [3.8, 4) is 0 Å². The summed E-state index contributed by atoms with van der Waals surface area (Å²) in [5.74, 6) is -0.222. The lowest BCUT2D eigenvalue weighted by Crippen LogP contribution is -2.24. The van der Waals surface area contributed by atoms with Gasteiger partial charge in [0, 0.05) is 6.42 Å². The Balaban J connectivity index is 1.78. The molecule has 0 aromatic heterocycles. The summed E-state index contributed by atoms with van der Waals surface area (Å²) in [6, 6.07) is 10.1. The number of allylic oxidation sites excluding steroid dienone is 2. The van der Waals surface area contributed by atoms with Gasteiger partial charge in [-0.1, -0.05) is 42.5 Å². The maximum atomic E-state index is 11.6. The Kier molecular flexibility index (Phi) is 12.2. The van der Waals surface area contributed by atoms with Crippen molar-refractivity contribution in [1.82, 2.24) is 0 Å². The van der Waals surface area contributed by atoms with Crippen molar-refractivity contribution in [3.63, 3.8) is 0 Å². The Morgan fingerprint density at radius 1 is 1.09 bits per heavy atom. The molecule has 1 fully saturated rings. The van der Waals surface area contributed by atoms with Gasteiger partial charge in [-0.3, -0.25) is 9.59 Å². The molecule has 0 aliphatic heterocycles. The van der Waals surface area contributed by atoms with E-state index in [1.165, 1.54) is 5.56 Å². The van der Waals surface area contributed by atoms with Crippen LogP contribution in [0.5, 0.6) is 0 Å². The average molecular weight is 461 g/mol. The minimum absolute atomic E-state index is 0.0202. The molecule has 0 spiro atoms. The molecule has 5 atom stereocenters. The fourth-order valence-corrected chi connectivity index (χ4v) is 4.67. The highest BCUT2D eigenvalue weighted by Gasteiger charge is 2.40. The summed E-state index contributed by atoms with van der Waals surface area (Å²) in [4.78, 5) is 22.6. The lowest BCUT2D eigenvalue weighted by Gasteiger charge is -2.24. The normalized spacial score (nSPS) is 23.7. The lowest BCUT2D eigenvalue weighted by atomic mass is 9.85. The lowest BCUT2D eigenvalue weighted by molar-refractivity contribution is -0.147. The van der Waals surface area contributed by atoms with E-state index in [-0.39, 0.29) is 30.0 Å². The first-order valence-corrected chi connectivity index (χ1v) is 12.2. The second-order valence-electron chi connectivity index (χ2n) is 9.29. The molecule has 0 radical (unpaired) electrons. The number of esters is 1. The Labute approximate surface area is 198 Å². The highest BCUT2D eigenvalue weighted by atomic mass is 16.5. The number of ether oxygens (including phenoxy) is 2. The van der Waals surface area contributed by atoms with Crippen molar-refractivity contribution >= 4 is 12.4 Å². The first-order valence-electron chi connectivity index (χ1n) is 12.2. The highest BCUT2D eigenvalue weighted by Crippen LogP contribution is 2.38. The van der Waals surface area contributed by atoms with E-state index in [2.05, 4.69) is 12.1 Å². The molecular weight excluding hydrogens is 420 g/mol. The van der Waals surface area contributed by atoms with Crippen molar-refractivity contribution in [2.75, 3.05) is 0 Å². The van der Waals surface area contributed by atoms with Crippen LogP contribution in [0.4, 0.5) is 0 Å². The number of aliphatic hydroxyl groups excluding tert-OH is 2. The maximum absolute atomic E-state index is 11.6. The minimum atomic E-state index is -0.546. The first-order chi connectivity index (χ1) is 15.9. The van der Waals surface area contributed by atoms with Crippen LogP contribution in [0.1, 0.15) is 70.8 Å². The summed E-state index contributed by atoms with van der Waals surface area (Å²) < 4.78 is 10.4. The average Bonchev–Trinajstić information content (AvgIpc) is 3.05. The third kappa shape index (κ3) is 10.1. The number of carbonyl (C=O) groups is 2. The van der Waals surface area contributed by atoms with E-state index in [1.807, 2.05) is 44.2 Å². The van der Waals surface area contributed by atoms with Crippen LogP contribution < -0.4 is 0 Å². The van der Waals surface area contributed by atoms with E-state index in [0.717, 1.165) is 25.7 Å². The number of hydrogen-bond donors (Lipinski definition) is 2. The van der Waals surface area contributed by atoms with E-state index < -0.39 is 12.2 Å². The van der Waals surface area contributed by atoms with Crippen LogP contribution in [0.15, 0.2) is 42.5 Å². The van der Waals surface area contributed by atoms with Crippen LogP contribution in [0.3, 0.4) is 0 Å². The number of aliphatic hydroxyl groups is 2. The largest absolute Gasteiger partial charge is 0.465 e. The third-order valence-electron chi connectivity index (χ3n) is 6.38. The zero-order valence-electron chi connectivity index (χ0n) is 20.0. The molecule has 0 unspecified atom stereocenters. The van der Waals surface area contributed by atoms with Crippen LogP contribution in [0, 0.1) is 11.8 Å². The number of rotatable bonds is 15. The maximum Gasteiger partial charge on any atom is 0.306 e. The molecule has 0 bridgehead atoms. The van der Waals surface area contributed by atoms with E-state index >= 15 is 0 Å². The molecule has 0 saturated heterocycles. The van der Waals surface area contributed by atoms with Crippen LogP contribution in [0.2, 0.25) is 0 Å². The zero-order valence-corrected chi connectivity index (χ0v) is 20.0. The molecule has 0 heterocycles. The van der Waals surface area contributed by atoms with Gasteiger partial charge in [0.05, 0.1) is 18.3 Å². The smallest absolute Gasteiger partial charge is 0.306 e. The summed E-state index contributed by atoms with van der Waals surface area (Å²) >= 11 is 0. The van der Waals surface area contributed by atoms with Gasteiger partial charge < -0.3 is 19.7 Å². The van der Waals surface area contributed by atoms with Crippen molar-refractivity contribution in [1.29, 1.82) is 0 Å². The van der Waals surface area contributed by atoms with Crippen molar-refractivity contribution in [3.05, 3.63) is 48.0 Å². The van der Waals surface area contributed by atoms with E-state index in [1.54, 1.807) is 0 Å². The van der Waals surface area contributed by atoms with Gasteiger partial charge in [0.15, 0.2) is 0 Å². The molecule has 2 rings (SSSR count). The predicted octanol–water partition coefficient (Wildman–Crippen LogP) is 4.37. The van der Waals surface area contributed by atoms with Gasteiger partial charge in [-0.05, 0) is 82.6 Å². The Morgan fingerprint density at radius 2 is 1.82 bits per heavy atom. The topological polar surface area (TPSA) is 93.1 Å². The summed E-state index contributed by atoms with van der Waals surface area (Å²) in [5, 5.41) is 21.0. The summed E-state index contributed by atoms with van der Waals surface area (Å²) in [6.45, 7) is 4.19. The number of carbonyl (C=O) groups excluding carboxylic acids is 2. The summed E-state index contributed by atoms with van der Waals surface area (Å²) in [5.41, 5.74) is 1.20. The zero-order chi connectivity index (χ0) is 24.1. The quantitative estimate of drug-likeness (QED) is 0.175. The van der Waals surface area contributed by atoms with Crippen molar-refractivity contribution in [2.24, 2.45) is 11.8 Å². The minimum Gasteiger partial charge on any atom is -0.465 e.